The lowest BCUT2D eigenvalue weighted by molar-refractivity contribution is -0.657. The molecule has 0 fully saturated rings. The molecule has 0 aromatic carbocycles. The van der Waals surface area contributed by atoms with Gasteiger partial charge in [0.2, 0.25) is 6.16 Å². The quantitative estimate of drug-likeness (QED) is 0.466. The minimum absolute atomic E-state index is 0.823. The van der Waals surface area contributed by atoms with E-state index in [9.17, 15) is 0 Å². The van der Waals surface area contributed by atoms with Crippen molar-refractivity contribution >= 4 is 6.16 Å². The van der Waals surface area contributed by atoms with Crippen LogP contribution in [0.5, 0.6) is 0 Å². The van der Waals surface area contributed by atoms with E-state index in [2.05, 4.69) is 5.32 Å². The Bertz CT molecular complexity index is 99.1. The second-order valence-corrected chi connectivity index (χ2v) is 2.12. The molecule has 0 atom stereocenters. The normalized spacial score (nSPS) is 8.77. The van der Waals surface area contributed by atoms with Crippen LogP contribution in [0.3, 0.4) is 0 Å². The summed E-state index contributed by atoms with van der Waals surface area (Å²) >= 11 is 0. The van der Waals surface area contributed by atoms with E-state index in [0.29, 0.717) is 0 Å². The van der Waals surface area contributed by atoms with Crippen LogP contribution in [0.1, 0.15) is 0 Å². The van der Waals surface area contributed by atoms with E-state index >= 15 is 0 Å². The van der Waals surface area contributed by atoms with Crippen LogP contribution in [-0.2, 0) is 9.47 Å². The Morgan fingerprint density at radius 2 is 1.62 bits per heavy atom. The van der Waals surface area contributed by atoms with Crippen LogP contribution in [-0.4, -0.2) is 51.8 Å². The number of quaternary nitrogens is 1. The number of hydrogen-bond acceptors (Lipinski definition) is 4. The van der Waals surface area contributed by atoms with Gasteiger partial charge in [-0.1, -0.05) is 0 Å². The predicted molar refractivity (Wildman–Crippen MR) is 43.4 cm³/mol. The van der Waals surface area contributed by atoms with Crippen LogP contribution in [0, 0.1) is 0 Å². The zero-order valence-corrected chi connectivity index (χ0v) is 7.99. The van der Waals surface area contributed by atoms with Gasteiger partial charge in [0.1, 0.15) is 0 Å². The number of nitrogens with two attached hydrogens (primary N) is 1. The largest absolute Gasteiger partial charge is 0.565 e. The van der Waals surface area contributed by atoms with Crippen molar-refractivity contribution in [3.05, 3.63) is 0 Å². The lowest BCUT2D eigenvalue weighted by Crippen LogP contribution is -2.86. The highest BCUT2D eigenvalue weighted by Gasteiger charge is 1.86. The molecular formula is C7H17NO5. The predicted octanol–water partition coefficient (Wildman–Crippen LogP) is -2.27. The molecule has 0 aliphatic rings. The molecule has 0 aromatic heterocycles. The van der Waals surface area contributed by atoms with Crippen molar-refractivity contribution in [3.8, 4) is 0 Å². The van der Waals surface area contributed by atoms with E-state index in [1.165, 1.54) is 0 Å². The van der Waals surface area contributed by atoms with Gasteiger partial charge in [0.25, 0.3) is 0 Å². The van der Waals surface area contributed by atoms with Gasteiger partial charge in [0.05, 0.1) is 26.3 Å². The summed E-state index contributed by atoms with van der Waals surface area (Å²) in [5, 5.41) is 17.5. The van der Waals surface area contributed by atoms with Crippen LogP contribution in [0.15, 0.2) is 0 Å². The van der Waals surface area contributed by atoms with Crippen LogP contribution in [0.4, 0.5) is 4.79 Å². The summed E-state index contributed by atoms with van der Waals surface area (Å²) in [6.45, 7) is 3.70. The molecule has 0 aromatic rings. The third-order valence-electron chi connectivity index (χ3n) is 1.05. The fourth-order valence-electron chi connectivity index (χ4n) is 0.547. The molecular weight excluding hydrogens is 178 g/mol. The summed E-state index contributed by atoms with van der Waals surface area (Å²) in [6.07, 6.45) is -2.08. The summed E-state index contributed by atoms with van der Waals surface area (Å²) in [7, 11) is 3.42. The van der Waals surface area contributed by atoms with Gasteiger partial charge < -0.3 is 29.8 Å². The van der Waals surface area contributed by atoms with E-state index in [0.717, 1.165) is 26.3 Å². The van der Waals surface area contributed by atoms with E-state index in [1.54, 1.807) is 14.2 Å². The average molecular weight is 195 g/mol. The molecule has 0 saturated heterocycles. The maximum absolute atomic E-state index is 8.44. The number of carboxylic acid groups (broad SMARTS) is 2. The van der Waals surface area contributed by atoms with E-state index < -0.39 is 6.16 Å². The van der Waals surface area contributed by atoms with Gasteiger partial charge in [-0.3, -0.25) is 0 Å². The molecule has 0 unspecified atom stereocenters. The Balaban J connectivity index is 0. The first kappa shape index (κ1) is 14.7. The third kappa shape index (κ3) is 35.2. The second kappa shape index (κ2) is 13.7. The van der Waals surface area contributed by atoms with Crippen molar-refractivity contribution in [1.29, 1.82) is 0 Å². The van der Waals surface area contributed by atoms with Crippen molar-refractivity contribution < 1.29 is 29.8 Å². The van der Waals surface area contributed by atoms with Gasteiger partial charge in [-0.25, -0.2) is 0 Å². The smallest absolute Gasteiger partial charge is 0.249 e. The maximum Gasteiger partial charge on any atom is 0.249 e. The van der Waals surface area contributed by atoms with E-state index in [-0.39, 0.29) is 0 Å². The fraction of sp³-hybridized carbons (Fsp3) is 0.857. The summed E-state index contributed by atoms with van der Waals surface area (Å²) < 4.78 is 9.70. The SMILES string of the molecule is COCC[NH2+]CCOC.O=C([O-])O. The lowest BCUT2D eigenvalue weighted by atomic mass is 10.6. The third-order valence-corrected chi connectivity index (χ3v) is 1.05. The molecule has 0 aliphatic heterocycles. The highest BCUT2D eigenvalue weighted by molar-refractivity contribution is 5.50. The molecule has 0 radical (unpaired) electrons. The number of rotatable bonds is 6. The minimum Gasteiger partial charge on any atom is -0.565 e. The van der Waals surface area contributed by atoms with Crippen molar-refractivity contribution in [3.63, 3.8) is 0 Å². The topological polar surface area (TPSA) is 95.4 Å². The van der Waals surface area contributed by atoms with Gasteiger partial charge in [-0.2, -0.15) is 0 Å². The van der Waals surface area contributed by atoms with Gasteiger partial charge in [0, 0.05) is 14.2 Å². The Kier molecular flexibility index (Phi) is 15.5. The molecule has 13 heavy (non-hydrogen) atoms. The molecule has 0 saturated carbocycles. The Morgan fingerprint density at radius 1 is 1.31 bits per heavy atom. The highest BCUT2D eigenvalue weighted by atomic mass is 16.6. The zero-order valence-electron chi connectivity index (χ0n) is 7.99. The van der Waals surface area contributed by atoms with Crippen LogP contribution < -0.4 is 10.4 Å². The average Bonchev–Trinajstić information content (AvgIpc) is 2.03. The van der Waals surface area contributed by atoms with Gasteiger partial charge in [-0.15, -0.1) is 0 Å². The minimum atomic E-state index is -2.08. The zero-order chi connectivity index (χ0) is 10.5. The standard InChI is InChI=1S/C6H15NO2.CH2O3/c1-8-5-3-7-4-6-9-2;2-1(3)4/h7H,3-6H2,1-2H3;(H2,2,3,4). The molecule has 0 bridgehead atoms. The molecule has 3 N–H and O–H groups in total. The molecule has 80 valence electrons. The number of hydrogen-bond donors (Lipinski definition) is 2. The lowest BCUT2D eigenvalue weighted by Gasteiger charge is -1.98. The monoisotopic (exact) mass is 195 g/mol. The van der Waals surface area contributed by atoms with E-state index in [4.69, 9.17) is 24.5 Å². The first-order chi connectivity index (χ1) is 6.15. The number of carbonyl (C=O) groups is 1. The van der Waals surface area contributed by atoms with Crippen molar-refractivity contribution in [2.24, 2.45) is 0 Å². The van der Waals surface area contributed by atoms with Crippen molar-refractivity contribution in [1.82, 2.24) is 0 Å². The Labute approximate surface area is 77.5 Å². The Morgan fingerprint density at radius 3 is 1.85 bits per heavy atom. The van der Waals surface area contributed by atoms with Crippen LogP contribution in [0.25, 0.3) is 0 Å². The fourth-order valence-corrected chi connectivity index (χ4v) is 0.547. The first-order valence-corrected chi connectivity index (χ1v) is 3.84. The summed E-state index contributed by atoms with van der Waals surface area (Å²) in [4.78, 5) is 8.44. The number of methoxy groups -OCH3 is 2. The summed E-state index contributed by atoms with van der Waals surface area (Å²) in [6, 6.07) is 0. The molecule has 0 heterocycles. The first-order valence-electron chi connectivity index (χ1n) is 3.84. The highest BCUT2D eigenvalue weighted by Crippen LogP contribution is 1.57. The van der Waals surface area contributed by atoms with Crippen LogP contribution >= 0.6 is 0 Å². The van der Waals surface area contributed by atoms with E-state index in [1.807, 2.05) is 0 Å². The second-order valence-electron chi connectivity index (χ2n) is 2.12. The molecule has 6 heteroatoms. The van der Waals surface area contributed by atoms with Crippen molar-refractivity contribution in [2.75, 3.05) is 40.5 Å². The molecule has 0 aliphatic carbocycles. The summed E-state index contributed by atoms with van der Waals surface area (Å²) in [5.41, 5.74) is 0. The number of ether oxygens (including phenoxy) is 2. The van der Waals surface area contributed by atoms with Gasteiger partial charge in [0.15, 0.2) is 0 Å². The molecule has 0 spiro atoms. The maximum atomic E-state index is 8.44. The van der Waals surface area contributed by atoms with Crippen LogP contribution in [0.2, 0.25) is 0 Å². The molecule has 0 amide bonds. The molecule has 6 nitrogen and oxygen atoms in total. The molecule has 0 rings (SSSR count). The summed E-state index contributed by atoms with van der Waals surface area (Å²) in [5.74, 6) is 0. The van der Waals surface area contributed by atoms with Crippen molar-refractivity contribution in [2.45, 2.75) is 0 Å². The van der Waals surface area contributed by atoms with Gasteiger partial charge >= 0.3 is 0 Å². The van der Waals surface area contributed by atoms with Gasteiger partial charge in [-0.05, 0) is 0 Å². The Hall–Kier alpha value is -0.850.